The minimum absolute atomic E-state index is 0.0692. The number of carbonyl (C=O) groups is 3. The van der Waals surface area contributed by atoms with Gasteiger partial charge < -0.3 is 15.4 Å². The van der Waals surface area contributed by atoms with Gasteiger partial charge in [-0.25, -0.2) is 9.19 Å². The van der Waals surface area contributed by atoms with Crippen LogP contribution in [0.15, 0.2) is 70.1 Å². The summed E-state index contributed by atoms with van der Waals surface area (Å²) >= 11 is 11.9. The molecule has 4 rings (SSSR count). The number of halogens is 2. The summed E-state index contributed by atoms with van der Waals surface area (Å²) in [6.45, 7) is 2.38. The summed E-state index contributed by atoms with van der Waals surface area (Å²) in [5.74, 6) is -1.25. The molecule has 1 aliphatic rings. The van der Waals surface area contributed by atoms with Crippen LogP contribution in [0.3, 0.4) is 0 Å². The average molecular weight is 590 g/mol. The van der Waals surface area contributed by atoms with E-state index in [1.165, 1.54) is 48.9 Å². The molecule has 0 aliphatic carbocycles. The number of ether oxygens (including phenoxy) is 1. The van der Waals surface area contributed by atoms with Gasteiger partial charge in [0.1, 0.15) is 5.82 Å². The number of anilines is 2. The number of rotatable bonds is 7. The molecule has 1 atom stereocenters. The van der Waals surface area contributed by atoms with Gasteiger partial charge in [-0.05, 0) is 54.6 Å². The monoisotopic (exact) mass is 589 g/mol. The molecule has 3 amide bonds. The highest BCUT2D eigenvalue weighted by atomic mass is 35.5. The SMILES string of the molecule is CS(=O)(=NC(=O)CN1CCOCC1)c1ccc(C(=O)Nc2ccc(Cl)cc2C(=O)Nc2ccc(Cl)cn2)cc1. The maximum atomic E-state index is 13.1. The van der Waals surface area contributed by atoms with Gasteiger partial charge in [0, 0.05) is 41.0 Å². The number of hydrogen-bond donors (Lipinski definition) is 2. The topological polar surface area (TPSA) is 130 Å². The van der Waals surface area contributed by atoms with Crippen molar-refractivity contribution in [2.75, 3.05) is 49.7 Å². The lowest BCUT2D eigenvalue weighted by atomic mass is 10.1. The van der Waals surface area contributed by atoms with Gasteiger partial charge in [0.25, 0.3) is 17.7 Å². The molecule has 0 spiro atoms. The number of pyridine rings is 1. The van der Waals surface area contributed by atoms with Crippen LogP contribution in [0.4, 0.5) is 11.5 Å². The maximum Gasteiger partial charge on any atom is 0.268 e. The van der Waals surface area contributed by atoms with E-state index in [1.807, 2.05) is 4.90 Å². The second-order valence-electron chi connectivity index (χ2n) is 8.66. The molecule has 3 aromatic rings. The first kappa shape index (κ1) is 28.7. The molecule has 2 N–H and O–H groups in total. The van der Waals surface area contributed by atoms with Crippen LogP contribution in [0.2, 0.25) is 10.0 Å². The lowest BCUT2D eigenvalue weighted by Crippen LogP contribution is -2.39. The molecule has 39 heavy (non-hydrogen) atoms. The largest absolute Gasteiger partial charge is 0.379 e. The summed E-state index contributed by atoms with van der Waals surface area (Å²) in [6.07, 6.45) is 2.77. The number of amides is 3. The smallest absolute Gasteiger partial charge is 0.268 e. The summed E-state index contributed by atoms with van der Waals surface area (Å²) in [7, 11) is -3.01. The molecule has 2 aromatic carbocycles. The molecule has 0 saturated carbocycles. The van der Waals surface area contributed by atoms with Gasteiger partial charge in [0.05, 0.1) is 45.8 Å². The Bertz CT molecular complexity index is 1500. The van der Waals surface area contributed by atoms with E-state index in [1.54, 1.807) is 18.2 Å². The highest BCUT2D eigenvalue weighted by molar-refractivity contribution is 7.93. The number of nitrogens with one attached hydrogen (secondary N) is 2. The lowest BCUT2D eigenvalue weighted by Gasteiger charge is -2.24. The molecule has 1 aromatic heterocycles. The normalized spacial score (nSPS) is 15.2. The Balaban J connectivity index is 1.46. The van der Waals surface area contributed by atoms with Crippen molar-refractivity contribution in [3.63, 3.8) is 0 Å². The van der Waals surface area contributed by atoms with Crippen LogP contribution in [0, 0.1) is 0 Å². The fraction of sp³-hybridized carbons (Fsp3) is 0.231. The third-order valence-corrected chi connectivity index (χ3v) is 7.89. The van der Waals surface area contributed by atoms with Crippen LogP contribution < -0.4 is 10.6 Å². The third kappa shape index (κ3) is 7.84. The summed E-state index contributed by atoms with van der Waals surface area (Å²) in [5, 5.41) is 6.06. The van der Waals surface area contributed by atoms with Crippen molar-refractivity contribution in [1.82, 2.24) is 9.88 Å². The first-order valence-electron chi connectivity index (χ1n) is 11.8. The Morgan fingerprint density at radius 2 is 1.67 bits per heavy atom. The summed E-state index contributed by atoms with van der Waals surface area (Å²) < 4.78 is 22.3. The number of nitrogens with zero attached hydrogens (tertiary/aromatic N) is 3. The summed E-state index contributed by atoms with van der Waals surface area (Å²) in [6, 6.07) is 13.5. The zero-order chi connectivity index (χ0) is 28.0. The molecule has 1 unspecified atom stereocenters. The van der Waals surface area contributed by atoms with Crippen LogP contribution in [0.5, 0.6) is 0 Å². The molecule has 204 valence electrons. The van der Waals surface area contributed by atoms with Crippen LogP contribution in [0.1, 0.15) is 20.7 Å². The molecular formula is C26H25Cl2N5O5S. The zero-order valence-electron chi connectivity index (χ0n) is 20.9. The van der Waals surface area contributed by atoms with E-state index in [4.69, 9.17) is 27.9 Å². The van der Waals surface area contributed by atoms with Gasteiger partial charge in [-0.1, -0.05) is 23.2 Å². The Hall–Kier alpha value is -3.35. The standard InChI is InChI=1S/C26H25Cl2N5O5S/c1-39(37,32-24(34)16-33-10-12-38-13-11-33)20-6-2-17(3-7-20)25(35)30-22-8-4-18(27)14-21(22)26(36)31-23-9-5-19(28)15-29-23/h2-9,14-15H,10-13,16H2,1H3,(H,30,35)(H,29,31,36). The van der Waals surface area contributed by atoms with Crippen molar-refractivity contribution in [3.8, 4) is 0 Å². The van der Waals surface area contributed by atoms with Gasteiger partial charge in [-0.15, -0.1) is 0 Å². The number of aromatic nitrogens is 1. The molecule has 2 heterocycles. The van der Waals surface area contributed by atoms with Crippen molar-refractivity contribution >= 4 is 62.2 Å². The Kier molecular flexibility index (Phi) is 9.31. The van der Waals surface area contributed by atoms with Crippen molar-refractivity contribution in [2.24, 2.45) is 4.36 Å². The van der Waals surface area contributed by atoms with Gasteiger partial charge in [0.15, 0.2) is 0 Å². The van der Waals surface area contributed by atoms with Crippen molar-refractivity contribution in [3.05, 3.63) is 82.0 Å². The molecule has 1 saturated heterocycles. The molecule has 0 radical (unpaired) electrons. The Morgan fingerprint density at radius 3 is 2.33 bits per heavy atom. The number of hydrogen-bond acceptors (Lipinski definition) is 7. The van der Waals surface area contributed by atoms with Crippen molar-refractivity contribution < 1.29 is 23.3 Å². The molecule has 1 aliphatic heterocycles. The predicted octanol–water partition coefficient (Wildman–Crippen LogP) is 4.21. The van der Waals surface area contributed by atoms with E-state index in [9.17, 15) is 18.6 Å². The number of benzene rings is 2. The van der Waals surface area contributed by atoms with Crippen LogP contribution in [0.25, 0.3) is 0 Å². The van der Waals surface area contributed by atoms with Crippen molar-refractivity contribution in [2.45, 2.75) is 4.90 Å². The first-order valence-corrected chi connectivity index (χ1v) is 14.5. The minimum atomic E-state index is -3.01. The van der Waals surface area contributed by atoms with E-state index in [2.05, 4.69) is 20.0 Å². The predicted molar refractivity (Wildman–Crippen MR) is 150 cm³/mol. The quantitative estimate of drug-likeness (QED) is 0.422. The lowest BCUT2D eigenvalue weighted by molar-refractivity contribution is -0.119. The van der Waals surface area contributed by atoms with E-state index < -0.39 is 27.5 Å². The van der Waals surface area contributed by atoms with Gasteiger partial charge in [-0.2, -0.15) is 4.36 Å². The van der Waals surface area contributed by atoms with E-state index in [0.717, 1.165) is 0 Å². The van der Waals surface area contributed by atoms with Crippen LogP contribution in [-0.2, 0) is 19.3 Å². The van der Waals surface area contributed by atoms with Gasteiger partial charge >= 0.3 is 0 Å². The second kappa shape index (κ2) is 12.7. The fourth-order valence-electron chi connectivity index (χ4n) is 3.73. The highest BCUT2D eigenvalue weighted by Gasteiger charge is 2.18. The molecule has 0 bridgehead atoms. The molecule has 13 heteroatoms. The third-order valence-electron chi connectivity index (χ3n) is 5.74. The van der Waals surface area contributed by atoms with E-state index >= 15 is 0 Å². The zero-order valence-corrected chi connectivity index (χ0v) is 23.2. The van der Waals surface area contributed by atoms with E-state index in [0.29, 0.717) is 41.2 Å². The molecular weight excluding hydrogens is 565 g/mol. The Labute approximate surface area is 235 Å². The maximum absolute atomic E-state index is 13.1. The van der Waals surface area contributed by atoms with E-state index in [-0.39, 0.29) is 29.2 Å². The summed E-state index contributed by atoms with van der Waals surface area (Å²) in [5.41, 5.74) is 0.593. The average Bonchev–Trinajstić information content (AvgIpc) is 2.91. The molecule has 1 fully saturated rings. The van der Waals surface area contributed by atoms with Crippen LogP contribution >= 0.6 is 23.2 Å². The Morgan fingerprint density at radius 1 is 0.974 bits per heavy atom. The van der Waals surface area contributed by atoms with Gasteiger partial charge in [0.2, 0.25) is 0 Å². The number of carbonyl (C=O) groups excluding carboxylic acids is 3. The summed E-state index contributed by atoms with van der Waals surface area (Å²) in [4.78, 5) is 44.5. The second-order valence-corrected chi connectivity index (χ2v) is 11.8. The first-order chi connectivity index (χ1) is 18.6. The van der Waals surface area contributed by atoms with Crippen LogP contribution in [-0.4, -0.2) is 70.9 Å². The highest BCUT2D eigenvalue weighted by Crippen LogP contribution is 2.23. The fourth-order valence-corrected chi connectivity index (χ4v) is 5.20. The van der Waals surface area contributed by atoms with Crippen molar-refractivity contribution in [1.29, 1.82) is 0 Å². The minimum Gasteiger partial charge on any atom is -0.379 e. The van der Waals surface area contributed by atoms with Gasteiger partial charge in [-0.3, -0.25) is 19.3 Å². The number of morpholine rings is 1. The molecule has 10 nitrogen and oxygen atoms in total.